The van der Waals surface area contributed by atoms with Crippen molar-refractivity contribution in [1.29, 1.82) is 0 Å². The molecule has 0 saturated carbocycles. The molecule has 0 bridgehead atoms. The van der Waals surface area contributed by atoms with E-state index in [4.69, 9.17) is 4.74 Å². The first-order chi connectivity index (χ1) is 11.8. The van der Waals surface area contributed by atoms with E-state index in [0.29, 0.717) is 24.0 Å². The lowest BCUT2D eigenvalue weighted by Gasteiger charge is -2.28. The zero-order chi connectivity index (χ0) is 16.4. The number of nitrogens with one attached hydrogen (secondary N) is 3. The number of hydrogen-bond acceptors (Lipinski definition) is 7. The number of hydrogen-bond donors (Lipinski definition) is 3. The molecule has 1 fully saturated rings. The number of aromatic nitrogens is 2. The first kappa shape index (κ1) is 14.7. The van der Waals surface area contributed by atoms with E-state index in [1.807, 2.05) is 12.1 Å². The van der Waals surface area contributed by atoms with Gasteiger partial charge in [-0.05, 0) is 24.3 Å². The van der Waals surface area contributed by atoms with Crippen molar-refractivity contribution in [3.05, 3.63) is 36.0 Å². The van der Waals surface area contributed by atoms with E-state index in [0.717, 1.165) is 32.0 Å². The Balaban J connectivity index is 1.48. The minimum Gasteiger partial charge on any atom is -0.378 e. The van der Waals surface area contributed by atoms with Crippen LogP contribution in [0.15, 0.2) is 30.5 Å². The topological polar surface area (TPSA) is 91.4 Å². The summed E-state index contributed by atoms with van der Waals surface area (Å²) in [6.45, 7) is 3.73. The highest BCUT2D eigenvalue weighted by atomic mass is 16.5. The molecule has 0 unspecified atom stereocenters. The predicted molar refractivity (Wildman–Crippen MR) is 90.7 cm³/mol. The summed E-state index contributed by atoms with van der Waals surface area (Å²) in [5.74, 6) is 0.835. The third kappa shape index (κ3) is 2.95. The fourth-order valence-corrected chi connectivity index (χ4v) is 2.75. The molecule has 0 aliphatic carbocycles. The molecule has 3 heterocycles. The Kier molecular flexibility index (Phi) is 3.87. The predicted octanol–water partition coefficient (Wildman–Crippen LogP) is 1.17. The first-order valence-electron chi connectivity index (χ1n) is 7.88. The SMILES string of the molecule is O=C1NCNc2nc(Nc3ccc(N4CCOCC4)cc3)ncc21. The van der Waals surface area contributed by atoms with Crippen molar-refractivity contribution in [3.8, 4) is 0 Å². The summed E-state index contributed by atoms with van der Waals surface area (Å²) < 4.78 is 5.37. The summed E-state index contributed by atoms with van der Waals surface area (Å²) in [6.07, 6.45) is 1.52. The second kappa shape index (κ2) is 6.32. The van der Waals surface area contributed by atoms with Gasteiger partial charge in [-0.1, -0.05) is 0 Å². The van der Waals surface area contributed by atoms with Gasteiger partial charge in [0.15, 0.2) is 0 Å². The van der Waals surface area contributed by atoms with E-state index in [1.54, 1.807) is 0 Å². The van der Waals surface area contributed by atoms with Crippen LogP contribution < -0.4 is 20.9 Å². The van der Waals surface area contributed by atoms with Crippen molar-refractivity contribution in [3.63, 3.8) is 0 Å². The number of carbonyl (C=O) groups is 1. The van der Waals surface area contributed by atoms with Crippen molar-refractivity contribution in [1.82, 2.24) is 15.3 Å². The molecule has 0 spiro atoms. The molecular weight excluding hydrogens is 308 g/mol. The molecule has 2 aromatic rings. The molecule has 24 heavy (non-hydrogen) atoms. The smallest absolute Gasteiger partial charge is 0.257 e. The number of amides is 1. The van der Waals surface area contributed by atoms with Crippen LogP contribution in [0.25, 0.3) is 0 Å². The van der Waals surface area contributed by atoms with Crippen LogP contribution in [0.4, 0.5) is 23.1 Å². The number of nitrogens with zero attached hydrogens (tertiary/aromatic N) is 3. The molecule has 2 aliphatic heterocycles. The Bertz CT molecular complexity index is 743. The second-order valence-corrected chi connectivity index (χ2v) is 5.59. The zero-order valence-electron chi connectivity index (χ0n) is 13.1. The Morgan fingerprint density at radius 2 is 1.92 bits per heavy atom. The highest BCUT2D eigenvalue weighted by molar-refractivity contribution is 6.00. The maximum Gasteiger partial charge on any atom is 0.257 e. The fourth-order valence-electron chi connectivity index (χ4n) is 2.75. The minimum atomic E-state index is -0.162. The number of ether oxygens (including phenoxy) is 1. The number of anilines is 4. The van der Waals surface area contributed by atoms with E-state index < -0.39 is 0 Å². The average molecular weight is 326 g/mol. The minimum absolute atomic E-state index is 0.162. The summed E-state index contributed by atoms with van der Waals surface area (Å²) in [5.41, 5.74) is 2.52. The van der Waals surface area contributed by atoms with Gasteiger partial charge in [-0.2, -0.15) is 4.98 Å². The number of carbonyl (C=O) groups excluding carboxylic acids is 1. The summed E-state index contributed by atoms with van der Waals surface area (Å²) in [7, 11) is 0. The van der Waals surface area contributed by atoms with Crippen molar-refractivity contribution in [2.45, 2.75) is 0 Å². The van der Waals surface area contributed by atoms with Crippen LogP contribution in [0.3, 0.4) is 0 Å². The molecule has 1 aromatic carbocycles. The van der Waals surface area contributed by atoms with E-state index in [-0.39, 0.29) is 5.91 Å². The van der Waals surface area contributed by atoms with Gasteiger partial charge in [0, 0.05) is 30.7 Å². The largest absolute Gasteiger partial charge is 0.378 e. The molecule has 3 N–H and O–H groups in total. The first-order valence-corrected chi connectivity index (χ1v) is 7.88. The van der Waals surface area contributed by atoms with Gasteiger partial charge in [-0.3, -0.25) is 4.79 Å². The standard InChI is InChI=1S/C16H18N6O2/c23-15-13-9-17-16(21-14(13)18-10-19-15)20-11-1-3-12(4-2-11)22-5-7-24-8-6-22/h1-4,9H,5-8,10H2,(H,19,23)(H2,17,18,20,21). The summed E-state index contributed by atoms with van der Waals surface area (Å²) in [5, 5.41) is 8.87. The van der Waals surface area contributed by atoms with E-state index >= 15 is 0 Å². The average Bonchev–Trinajstić information content (AvgIpc) is 2.63. The molecule has 8 nitrogen and oxygen atoms in total. The lowest BCUT2D eigenvalue weighted by molar-refractivity contribution is 0.0952. The Hall–Kier alpha value is -2.87. The molecule has 1 amide bonds. The zero-order valence-corrected chi connectivity index (χ0v) is 13.1. The van der Waals surface area contributed by atoms with Crippen molar-refractivity contribution >= 4 is 29.0 Å². The van der Waals surface area contributed by atoms with Gasteiger partial charge in [-0.15, -0.1) is 0 Å². The van der Waals surface area contributed by atoms with Crippen LogP contribution in [0.2, 0.25) is 0 Å². The lowest BCUT2D eigenvalue weighted by atomic mass is 10.2. The summed E-state index contributed by atoms with van der Waals surface area (Å²) in [6, 6.07) is 8.12. The number of morpholine rings is 1. The quantitative estimate of drug-likeness (QED) is 0.780. The normalized spacial score (nSPS) is 16.8. The summed E-state index contributed by atoms with van der Waals surface area (Å²) >= 11 is 0. The van der Waals surface area contributed by atoms with Gasteiger partial charge >= 0.3 is 0 Å². The van der Waals surface area contributed by atoms with Gasteiger partial charge in [-0.25, -0.2) is 4.98 Å². The molecule has 124 valence electrons. The summed E-state index contributed by atoms with van der Waals surface area (Å²) in [4.78, 5) is 22.5. The van der Waals surface area contributed by atoms with E-state index in [2.05, 4.69) is 43.0 Å². The molecule has 2 aliphatic rings. The van der Waals surface area contributed by atoms with Crippen LogP contribution in [0, 0.1) is 0 Å². The van der Waals surface area contributed by atoms with Crippen molar-refractivity contribution < 1.29 is 9.53 Å². The molecule has 8 heteroatoms. The van der Waals surface area contributed by atoms with Gasteiger partial charge < -0.3 is 25.6 Å². The Morgan fingerprint density at radius 1 is 1.12 bits per heavy atom. The molecule has 0 radical (unpaired) electrons. The molecular formula is C16H18N6O2. The van der Waals surface area contributed by atoms with Crippen LogP contribution in [-0.4, -0.2) is 48.8 Å². The number of benzene rings is 1. The molecule has 1 aromatic heterocycles. The van der Waals surface area contributed by atoms with Gasteiger partial charge in [0.2, 0.25) is 5.95 Å². The van der Waals surface area contributed by atoms with Crippen LogP contribution in [0.1, 0.15) is 10.4 Å². The van der Waals surface area contributed by atoms with Gasteiger partial charge in [0.05, 0.1) is 19.9 Å². The van der Waals surface area contributed by atoms with E-state index in [1.165, 1.54) is 11.9 Å². The highest BCUT2D eigenvalue weighted by Gasteiger charge is 2.18. The molecule has 1 saturated heterocycles. The fraction of sp³-hybridized carbons (Fsp3) is 0.312. The van der Waals surface area contributed by atoms with Gasteiger partial charge in [0.1, 0.15) is 11.4 Å². The lowest BCUT2D eigenvalue weighted by Crippen LogP contribution is -2.36. The van der Waals surface area contributed by atoms with Crippen LogP contribution >= 0.6 is 0 Å². The molecule has 4 rings (SSSR count). The highest BCUT2D eigenvalue weighted by Crippen LogP contribution is 2.22. The number of rotatable bonds is 3. The van der Waals surface area contributed by atoms with E-state index in [9.17, 15) is 4.79 Å². The Morgan fingerprint density at radius 3 is 2.71 bits per heavy atom. The maximum atomic E-state index is 11.7. The number of fused-ring (bicyclic) bond motifs is 1. The monoisotopic (exact) mass is 326 g/mol. The third-order valence-corrected chi connectivity index (χ3v) is 4.04. The second-order valence-electron chi connectivity index (χ2n) is 5.59. The third-order valence-electron chi connectivity index (χ3n) is 4.04. The molecule has 0 atom stereocenters. The van der Waals surface area contributed by atoms with Crippen molar-refractivity contribution in [2.75, 3.05) is 48.5 Å². The van der Waals surface area contributed by atoms with Crippen molar-refractivity contribution in [2.24, 2.45) is 0 Å². The van der Waals surface area contributed by atoms with Crippen LogP contribution in [-0.2, 0) is 4.74 Å². The van der Waals surface area contributed by atoms with Crippen LogP contribution in [0.5, 0.6) is 0 Å². The Labute approximate surface area is 139 Å². The maximum absolute atomic E-state index is 11.7. The van der Waals surface area contributed by atoms with Gasteiger partial charge in [0.25, 0.3) is 5.91 Å².